The number of nitrogens with one attached hydrogen (secondary N) is 1. The van der Waals surface area contributed by atoms with Crippen molar-refractivity contribution >= 4 is 21.6 Å². The Balaban J connectivity index is 1.94. The number of carbonyl (C=O) groups is 1. The zero-order valence-electron chi connectivity index (χ0n) is 13.0. The maximum absolute atomic E-state index is 14.3. The highest BCUT2D eigenvalue weighted by Crippen LogP contribution is 2.42. The highest BCUT2D eigenvalue weighted by atomic mass is 32.2. The highest BCUT2D eigenvalue weighted by molar-refractivity contribution is 7.89. The Kier molecular flexibility index (Phi) is 4.15. The number of rotatable bonds is 4. The first kappa shape index (κ1) is 16.6. The van der Waals surface area contributed by atoms with Crippen molar-refractivity contribution < 1.29 is 17.6 Å². The van der Waals surface area contributed by atoms with Crippen LogP contribution in [0.2, 0.25) is 0 Å². The molecule has 2 aromatic carbocycles. The van der Waals surface area contributed by atoms with Gasteiger partial charge in [-0.05, 0) is 61.1 Å². The number of sulfonamides is 1. The standard InChI is InChI=1S/C17H17FN2O3S/c1-10-7-14(11-5-6-11)16(15(18)8-10)17(21)20-12-3-2-4-13(9-12)24(19,22)23/h2-4,7-9,11H,5-6H2,1H3,(H,20,21)(H2,19,22,23). The monoisotopic (exact) mass is 348 g/mol. The molecule has 0 atom stereocenters. The van der Waals surface area contributed by atoms with Crippen LogP contribution in [0.5, 0.6) is 0 Å². The summed E-state index contributed by atoms with van der Waals surface area (Å²) in [4.78, 5) is 12.4. The van der Waals surface area contributed by atoms with Gasteiger partial charge in [-0.15, -0.1) is 0 Å². The average Bonchev–Trinajstić information content (AvgIpc) is 3.30. The van der Waals surface area contributed by atoms with Crippen LogP contribution < -0.4 is 10.5 Å². The van der Waals surface area contributed by atoms with E-state index in [1.165, 1.54) is 30.3 Å². The van der Waals surface area contributed by atoms with Gasteiger partial charge in [-0.3, -0.25) is 4.79 Å². The number of hydrogen-bond donors (Lipinski definition) is 2. The Bertz CT molecular complexity index is 921. The summed E-state index contributed by atoms with van der Waals surface area (Å²) in [5, 5.41) is 7.64. The first-order valence-corrected chi connectivity index (χ1v) is 9.04. The van der Waals surface area contributed by atoms with Crippen LogP contribution in [0, 0.1) is 12.7 Å². The SMILES string of the molecule is Cc1cc(F)c(C(=O)Nc2cccc(S(N)(=O)=O)c2)c(C2CC2)c1. The van der Waals surface area contributed by atoms with Gasteiger partial charge in [-0.1, -0.05) is 12.1 Å². The summed E-state index contributed by atoms with van der Waals surface area (Å²) in [5.74, 6) is -0.964. The van der Waals surface area contributed by atoms with Crippen LogP contribution in [-0.2, 0) is 10.0 Å². The van der Waals surface area contributed by atoms with E-state index < -0.39 is 21.7 Å². The number of nitrogens with two attached hydrogens (primary N) is 1. The predicted molar refractivity (Wildman–Crippen MR) is 88.9 cm³/mol. The fraction of sp³-hybridized carbons (Fsp3) is 0.235. The Hall–Kier alpha value is -2.25. The molecule has 1 aliphatic carbocycles. The van der Waals surface area contributed by atoms with E-state index >= 15 is 0 Å². The molecule has 2 aromatic rings. The van der Waals surface area contributed by atoms with Gasteiger partial charge < -0.3 is 5.32 Å². The van der Waals surface area contributed by atoms with Gasteiger partial charge in [0.1, 0.15) is 5.82 Å². The van der Waals surface area contributed by atoms with Gasteiger partial charge >= 0.3 is 0 Å². The number of carbonyl (C=O) groups excluding carboxylic acids is 1. The molecule has 0 radical (unpaired) electrons. The van der Waals surface area contributed by atoms with Gasteiger partial charge in [0, 0.05) is 5.69 Å². The maximum Gasteiger partial charge on any atom is 0.258 e. The molecule has 0 unspecified atom stereocenters. The zero-order valence-corrected chi connectivity index (χ0v) is 13.9. The quantitative estimate of drug-likeness (QED) is 0.890. The zero-order chi connectivity index (χ0) is 17.5. The summed E-state index contributed by atoms with van der Waals surface area (Å²) < 4.78 is 37.1. The van der Waals surface area contributed by atoms with Gasteiger partial charge in [-0.25, -0.2) is 17.9 Å². The molecule has 1 fully saturated rings. The molecule has 5 nitrogen and oxygen atoms in total. The van der Waals surface area contributed by atoms with Crippen molar-refractivity contribution in [3.05, 3.63) is 58.9 Å². The molecule has 0 aromatic heterocycles. The minimum absolute atomic E-state index is 0.0177. The highest BCUT2D eigenvalue weighted by Gasteiger charge is 2.30. The summed E-state index contributed by atoms with van der Waals surface area (Å²) in [5.41, 5.74) is 1.73. The summed E-state index contributed by atoms with van der Waals surface area (Å²) in [6, 6.07) is 8.71. The lowest BCUT2D eigenvalue weighted by molar-refractivity contribution is 0.102. The van der Waals surface area contributed by atoms with Crippen LogP contribution in [0.1, 0.15) is 40.2 Å². The largest absolute Gasteiger partial charge is 0.322 e. The van der Waals surface area contributed by atoms with Crippen molar-refractivity contribution in [2.45, 2.75) is 30.6 Å². The molecule has 1 amide bonds. The van der Waals surface area contributed by atoms with E-state index in [1.807, 2.05) is 6.07 Å². The molecule has 1 aliphatic rings. The molecule has 0 aliphatic heterocycles. The van der Waals surface area contributed by atoms with Crippen molar-refractivity contribution in [2.24, 2.45) is 5.14 Å². The van der Waals surface area contributed by atoms with Crippen molar-refractivity contribution in [3.8, 4) is 0 Å². The summed E-state index contributed by atoms with van der Waals surface area (Å²) in [6.07, 6.45) is 1.87. The van der Waals surface area contributed by atoms with Crippen LogP contribution in [0.25, 0.3) is 0 Å². The average molecular weight is 348 g/mol. The molecule has 0 saturated heterocycles. The third kappa shape index (κ3) is 3.47. The van der Waals surface area contributed by atoms with E-state index in [-0.39, 0.29) is 22.1 Å². The van der Waals surface area contributed by atoms with Crippen LogP contribution in [0.15, 0.2) is 41.3 Å². The lowest BCUT2D eigenvalue weighted by Crippen LogP contribution is -2.17. The van der Waals surface area contributed by atoms with E-state index in [2.05, 4.69) is 5.32 Å². The van der Waals surface area contributed by atoms with E-state index in [0.29, 0.717) is 5.56 Å². The number of halogens is 1. The van der Waals surface area contributed by atoms with E-state index in [1.54, 1.807) is 6.92 Å². The number of benzene rings is 2. The summed E-state index contributed by atoms with van der Waals surface area (Å²) >= 11 is 0. The van der Waals surface area contributed by atoms with Crippen LogP contribution in [0.4, 0.5) is 10.1 Å². The Morgan fingerprint density at radius 2 is 1.96 bits per heavy atom. The lowest BCUT2D eigenvalue weighted by atomic mass is 9.99. The van der Waals surface area contributed by atoms with Crippen LogP contribution in [-0.4, -0.2) is 14.3 Å². The smallest absolute Gasteiger partial charge is 0.258 e. The van der Waals surface area contributed by atoms with Crippen molar-refractivity contribution in [1.82, 2.24) is 0 Å². The Morgan fingerprint density at radius 1 is 1.25 bits per heavy atom. The number of primary sulfonamides is 1. The first-order chi connectivity index (χ1) is 11.3. The van der Waals surface area contributed by atoms with Gasteiger partial charge in [0.25, 0.3) is 5.91 Å². The molecule has 7 heteroatoms. The summed E-state index contributed by atoms with van der Waals surface area (Å²) in [7, 11) is -3.88. The first-order valence-electron chi connectivity index (χ1n) is 7.50. The number of hydrogen-bond acceptors (Lipinski definition) is 3. The number of aryl methyl sites for hydroxylation is 1. The van der Waals surface area contributed by atoms with E-state index in [4.69, 9.17) is 5.14 Å². The molecule has 24 heavy (non-hydrogen) atoms. The second kappa shape index (κ2) is 5.99. The van der Waals surface area contributed by atoms with Crippen LogP contribution in [0.3, 0.4) is 0 Å². The van der Waals surface area contributed by atoms with Gasteiger partial charge in [0.2, 0.25) is 10.0 Å². The minimum Gasteiger partial charge on any atom is -0.322 e. The topological polar surface area (TPSA) is 89.3 Å². The number of anilines is 1. The molecule has 1 saturated carbocycles. The van der Waals surface area contributed by atoms with Crippen molar-refractivity contribution in [2.75, 3.05) is 5.32 Å². The molecule has 0 heterocycles. The normalized spacial score (nSPS) is 14.5. The minimum atomic E-state index is -3.88. The van der Waals surface area contributed by atoms with Crippen LogP contribution >= 0.6 is 0 Å². The fourth-order valence-electron chi connectivity index (χ4n) is 2.67. The van der Waals surface area contributed by atoms with Crippen molar-refractivity contribution in [1.29, 1.82) is 0 Å². The maximum atomic E-state index is 14.3. The van der Waals surface area contributed by atoms with Gasteiger partial charge in [0.15, 0.2) is 0 Å². The predicted octanol–water partition coefficient (Wildman–Crippen LogP) is 2.91. The Labute approximate surface area is 139 Å². The second-order valence-corrected chi connectivity index (χ2v) is 7.57. The fourth-order valence-corrected chi connectivity index (χ4v) is 3.23. The van der Waals surface area contributed by atoms with Gasteiger partial charge in [-0.2, -0.15) is 0 Å². The van der Waals surface area contributed by atoms with Crippen molar-refractivity contribution in [3.63, 3.8) is 0 Å². The van der Waals surface area contributed by atoms with Gasteiger partial charge in [0.05, 0.1) is 10.5 Å². The molecule has 0 bridgehead atoms. The van der Waals surface area contributed by atoms with E-state index in [0.717, 1.165) is 18.4 Å². The lowest BCUT2D eigenvalue weighted by Gasteiger charge is -2.12. The third-order valence-electron chi connectivity index (χ3n) is 3.93. The van der Waals surface area contributed by atoms with E-state index in [9.17, 15) is 17.6 Å². The third-order valence-corrected chi connectivity index (χ3v) is 4.84. The Morgan fingerprint density at radius 3 is 2.58 bits per heavy atom. The number of amides is 1. The molecule has 126 valence electrons. The molecular weight excluding hydrogens is 331 g/mol. The molecular formula is C17H17FN2O3S. The summed E-state index contributed by atoms with van der Waals surface area (Å²) in [6.45, 7) is 1.78. The molecule has 3 rings (SSSR count). The molecule has 3 N–H and O–H groups in total. The second-order valence-electron chi connectivity index (χ2n) is 6.01. The molecule has 0 spiro atoms.